The molecule has 2 rings (SSSR count). The normalized spacial score (nSPS) is 11.4. The largest absolute Gasteiger partial charge is 0.495 e. The quantitative estimate of drug-likeness (QED) is 0.780. The summed E-state index contributed by atoms with van der Waals surface area (Å²) in [6.45, 7) is 1.74. The Morgan fingerprint density at radius 2 is 1.85 bits per heavy atom. The standard InChI is InChI=1S/C18H21ClN2O4S/c1-13-4-6-14(7-5-13)11-21(26(3,23)24)12-18(22)20-16-10-15(19)8-9-17(16)25-2/h4-10H,11-12H2,1-3H3,(H,20,22). The van der Waals surface area contributed by atoms with Gasteiger partial charge in [-0.05, 0) is 30.7 Å². The molecule has 26 heavy (non-hydrogen) atoms. The lowest BCUT2D eigenvalue weighted by Crippen LogP contribution is -2.36. The van der Waals surface area contributed by atoms with Crippen molar-refractivity contribution < 1.29 is 17.9 Å². The zero-order chi connectivity index (χ0) is 19.3. The van der Waals surface area contributed by atoms with Crippen LogP contribution in [0, 0.1) is 6.92 Å². The summed E-state index contributed by atoms with van der Waals surface area (Å²) in [5, 5.41) is 3.08. The highest BCUT2D eigenvalue weighted by Gasteiger charge is 2.21. The molecule has 0 unspecified atom stereocenters. The smallest absolute Gasteiger partial charge is 0.239 e. The monoisotopic (exact) mass is 396 g/mol. The minimum atomic E-state index is -3.57. The lowest BCUT2D eigenvalue weighted by Gasteiger charge is -2.20. The van der Waals surface area contributed by atoms with Gasteiger partial charge < -0.3 is 10.1 Å². The Morgan fingerprint density at radius 1 is 1.19 bits per heavy atom. The minimum absolute atomic E-state index is 0.110. The molecule has 0 saturated carbocycles. The lowest BCUT2D eigenvalue weighted by atomic mass is 10.1. The summed E-state index contributed by atoms with van der Waals surface area (Å²) in [6.07, 6.45) is 1.08. The third-order valence-corrected chi connectivity index (χ3v) is 5.14. The van der Waals surface area contributed by atoms with Crippen LogP contribution in [0.15, 0.2) is 42.5 Å². The number of carbonyl (C=O) groups excluding carboxylic acids is 1. The first-order valence-electron chi connectivity index (χ1n) is 7.83. The first-order chi connectivity index (χ1) is 12.2. The van der Waals surface area contributed by atoms with Gasteiger partial charge in [0.05, 0.1) is 25.6 Å². The van der Waals surface area contributed by atoms with E-state index in [4.69, 9.17) is 16.3 Å². The molecule has 1 N–H and O–H groups in total. The van der Waals surface area contributed by atoms with E-state index in [0.717, 1.165) is 21.7 Å². The summed E-state index contributed by atoms with van der Waals surface area (Å²) < 4.78 is 30.4. The molecule has 8 heteroatoms. The van der Waals surface area contributed by atoms with Crippen LogP contribution in [0.5, 0.6) is 5.75 Å². The van der Waals surface area contributed by atoms with Crippen LogP contribution in [-0.2, 0) is 21.4 Å². The number of amides is 1. The topological polar surface area (TPSA) is 75.7 Å². The maximum atomic E-state index is 12.4. The molecule has 2 aromatic rings. The summed E-state index contributed by atoms with van der Waals surface area (Å²) in [5.74, 6) is -0.0460. The molecule has 0 aliphatic carbocycles. The van der Waals surface area contributed by atoms with Crippen LogP contribution in [0.2, 0.25) is 5.02 Å². The van der Waals surface area contributed by atoms with Gasteiger partial charge >= 0.3 is 0 Å². The molecule has 2 aromatic carbocycles. The van der Waals surface area contributed by atoms with E-state index in [0.29, 0.717) is 16.5 Å². The number of carbonyl (C=O) groups is 1. The Hall–Kier alpha value is -2.09. The molecule has 6 nitrogen and oxygen atoms in total. The molecule has 0 spiro atoms. The first-order valence-corrected chi connectivity index (χ1v) is 10.1. The first kappa shape index (κ1) is 20.2. The average Bonchev–Trinajstić information content (AvgIpc) is 2.55. The van der Waals surface area contributed by atoms with E-state index in [1.807, 2.05) is 31.2 Å². The van der Waals surface area contributed by atoms with Crippen molar-refractivity contribution >= 4 is 33.2 Å². The molecular weight excluding hydrogens is 376 g/mol. The minimum Gasteiger partial charge on any atom is -0.495 e. The SMILES string of the molecule is COc1ccc(Cl)cc1NC(=O)CN(Cc1ccc(C)cc1)S(C)(=O)=O. The number of nitrogens with zero attached hydrogens (tertiary/aromatic N) is 1. The Kier molecular flexibility index (Phi) is 6.63. The van der Waals surface area contributed by atoms with E-state index in [1.165, 1.54) is 7.11 Å². The summed E-state index contributed by atoms with van der Waals surface area (Å²) in [6, 6.07) is 12.3. The van der Waals surface area contributed by atoms with Gasteiger partial charge in [-0.2, -0.15) is 4.31 Å². The van der Waals surface area contributed by atoms with E-state index in [9.17, 15) is 13.2 Å². The Labute approximate surface area is 158 Å². The molecule has 140 valence electrons. The summed E-state index contributed by atoms with van der Waals surface area (Å²) in [5.41, 5.74) is 2.26. The predicted molar refractivity (Wildman–Crippen MR) is 103 cm³/mol. The number of halogens is 1. The van der Waals surface area contributed by atoms with Gasteiger partial charge in [0.1, 0.15) is 5.75 Å². The molecule has 0 saturated heterocycles. The van der Waals surface area contributed by atoms with Crippen molar-refractivity contribution in [1.82, 2.24) is 4.31 Å². The van der Waals surface area contributed by atoms with Crippen LogP contribution < -0.4 is 10.1 Å². The number of rotatable bonds is 7. The number of benzene rings is 2. The van der Waals surface area contributed by atoms with Crippen LogP contribution in [0.3, 0.4) is 0 Å². The van der Waals surface area contributed by atoms with Crippen LogP contribution in [0.1, 0.15) is 11.1 Å². The number of sulfonamides is 1. The van der Waals surface area contributed by atoms with E-state index in [2.05, 4.69) is 5.32 Å². The molecule has 0 radical (unpaired) electrons. The van der Waals surface area contributed by atoms with Crippen molar-refractivity contribution in [3.8, 4) is 5.75 Å². The molecule has 0 aliphatic heterocycles. The van der Waals surface area contributed by atoms with E-state index >= 15 is 0 Å². The number of methoxy groups -OCH3 is 1. The van der Waals surface area contributed by atoms with Crippen LogP contribution in [0.4, 0.5) is 5.69 Å². The summed E-state index contributed by atoms with van der Waals surface area (Å²) in [7, 11) is -2.10. The van der Waals surface area contributed by atoms with Gasteiger partial charge in [-0.1, -0.05) is 41.4 Å². The second kappa shape index (κ2) is 8.53. The lowest BCUT2D eigenvalue weighted by molar-refractivity contribution is -0.116. The average molecular weight is 397 g/mol. The molecular formula is C18H21ClN2O4S. The van der Waals surface area contributed by atoms with Crippen molar-refractivity contribution in [3.63, 3.8) is 0 Å². The van der Waals surface area contributed by atoms with Gasteiger partial charge in [0.2, 0.25) is 15.9 Å². The number of hydrogen-bond donors (Lipinski definition) is 1. The number of ether oxygens (including phenoxy) is 1. The molecule has 0 fully saturated rings. The molecule has 0 heterocycles. The molecule has 0 atom stereocenters. The van der Waals surface area contributed by atoms with Crippen LogP contribution in [-0.4, -0.2) is 38.5 Å². The number of hydrogen-bond acceptors (Lipinski definition) is 4. The van der Waals surface area contributed by atoms with Crippen molar-refractivity contribution in [2.75, 3.05) is 25.2 Å². The van der Waals surface area contributed by atoms with Crippen molar-refractivity contribution in [2.45, 2.75) is 13.5 Å². The van der Waals surface area contributed by atoms with Gasteiger partial charge in [0, 0.05) is 11.6 Å². The highest BCUT2D eigenvalue weighted by molar-refractivity contribution is 7.88. The van der Waals surface area contributed by atoms with E-state index < -0.39 is 15.9 Å². The molecule has 1 amide bonds. The van der Waals surface area contributed by atoms with Crippen molar-refractivity contribution in [2.24, 2.45) is 0 Å². The maximum Gasteiger partial charge on any atom is 0.239 e. The third-order valence-electron chi connectivity index (χ3n) is 3.70. The number of anilines is 1. The van der Waals surface area contributed by atoms with Gasteiger partial charge in [-0.15, -0.1) is 0 Å². The second-order valence-corrected chi connectivity index (χ2v) is 8.33. The van der Waals surface area contributed by atoms with Crippen LogP contribution >= 0.6 is 11.6 Å². The number of aryl methyl sites for hydroxylation is 1. The number of nitrogens with one attached hydrogen (secondary N) is 1. The summed E-state index contributed by atoms with van der Waals surface area (Å²) >= 11 is 5.94. The zero-order valence-corrected chi connectivity index (χ0v) is 16.4. The van der Waals surface area contributed by atoms with E-state index in [1.54, 1.807) is 18.2 Å². The van der Waals surface area contributed by atoms with Crippen LogP contribution in [0.25, 0.3) is 0 Å². The highest BCUT2D eigenvalue weighted by Crippen LogP contribution is 2.27. The predicted octanol–water partition coefficient (Wildman–Crippen LogP) is 3.06. The molecule has 0 aromatic heterocycles. The molecule has 0 aliphatic rings. The van der Waals surface area contributed by atoms with E-state index in [-0.39, 0.29) is 13.1 Å². The fourth-order valence-corrected chi connectivity index (χ4v) is 3.22. The maximum absolute atomic E-state index is 12.4. The fourth-order valence-electron chi connectivity index (χ4n) is 2.32. The molecule has 0 bridgehead atoms. The van der Waals surface area contributed by atoms with Gasteiger partial charge in [0.25, 0.3) is 0 Å². The van der Waals surface area contributed by atoms with Crippen molar-refractivity contribution in [3.05, 3.63) is 58.6 Å². The van der Waals surface area contributed by atoms with Gasteiger partial charge in [-0.3, -0.25) is 4.79 Å². The van der Waals surface area contributed by atoms with Gasteiger partial charge in [0.15, 0.2) is 0 Å². The third kappa shape index (κ3) is 5.72. The highest BCUT2D eigenvalue weighted by atomic mass is 35.5. The second-order valence-electron chi connectivity index (χ2n) is 5.91. The Balaban J connectivity index is 2.14. The van der Waals surface area contributed by atoms with Crippen molar-refractivity contribution in [1.29, 1.82) is 0 Å². The van der Waals surface area contributed by atoms with Gasteiger partial charge in [-0.25, -0.2) is 8.42 Å². The Bertz CT molecular complexity index is 883. The Morgan fingerprint density at radius 3 is 2.42 bits per heavy atom. The zero-order valence-electron chi connectivity index (χ0n) is 14.8. The fraction of sp³-hybridized carbons (Fsp3) is 0.278. The summed E-state index contributed by atoms with van der Waals surface area (Å²) in [4.78, 5) is 12.4.